The van der Waals surface area contributed by atoms with E-state index in [0.717, 1.165) is 80.7 Å². The molecule has 91 heavy (non-hydrogen) atoms. The molecule has 4 aromatic carbocycles. The van der Waals surface area contributed by atoms with Crippen LogP contribution in [0.5, 0.6) is 0 Å². The van der Waals surface area contributed by atoms with Crippen molar-refractivity contribution < 1.29 is 52.8 Å². The van der Waals surface area contributed by atoms with Gasteiger partial charge in [-0.15, -0.1) is 0 Å². The van der Waals surface area contributed by atoms with Crippen LogP contribution in [-0.2, 0) is 62.2 Å². The Morgan fingerprint density at radius 3 is 1.40 bits per heavy atom. The Morgan fingerprint density at radius 2 is 0.956 bits per heavy atom. The molecule has 0 radical (unpaired) electrons. The van der Waals surface area contributed by atoms with Crippen molar-refractivity contribution in [2.24, 2.45) is 11.8 Å². The van der Waals surface area contributed by atoms with Gasteiger partial charge in [-0.2, -0.15) is 8.61 Å². The van der Waals surface area contributed by atoms with Crippen molar-refractivity contribution in [2.45, 2.75) is 134 Å². The van der Waals surface area contributed by atoms with Crippen molar-refractivity contribution in [2.75, 3.05) is 36.2 Å². The summed E-state index contributed by atoms with van der Waals surface area (Å²) in [6, 6.07) is 22.2. The zero-order valence-corrected chi connectivity index (χ0v) is 56.3. The molecule has 2 saturated heterocycles. The lowest BCUT2D eigenvalue weighted by molar-refractivity contribution is -0.126. The number of nitrogens with one attached hydrogen (secondary N) is 5. The van der Waals surface area contributed by atoms with Crippen molar-refractivity contribution in [1.82, 2.24) is 34.5 Å². The van der Waals surface area contributed by atoms with Crippen molar-refractivity contribution in [3.63, 3.8) is 0 Å². The third-order valence-corrected chi connectivity index (χ3v) is 23.7. The average Bonchev–Trinajstić information content (AvgIpc) is 1.65. The maximum atomic E-state index is 13.9. The van der Waals surface area contributed by atoms with Crippen LogP contribution in [0.1, 0.15) is 97.1 Å². The highest BCUT2D eigenvalue weighted by atomic mass is 35.5. The molecule has 4 aliphatic rings. The van der Waals surface area contributed by atoms with E-state index >= 15 is 0 Å². The van der Waals surface area contributed by atoms with E-state index < -0.39 is 69.5 Å². The monoisotopic (exact) mass is 1400 g/mol. The minimum Gasteiger partial charge on any atom is -0.352 e. The van der Waals surface area contributed by atoms with E-state index in [0.29, 0.717) is 30.6 Å². The first-order chi connectivity index (χ1) is 43.0. The Labute approximate surface area is 550 Å². The summed E-state index contributed by atoms with van der Waals surface area (Å²) >= 11 is 24.3. The van der Waals surface area contributed by atoms with E-state index in [9.17, 15) is 52.8 Å². The summed E-state index contributed by atoms with van der Waals surface area (Å²) in [4.78, 5) is 60.0. The van der Waals surface area contributed by atoms with Crippen LogP contribution in [0.2, 0.25) is 20.1 Å². The molecule has 4 heterocycles. The molecule has 7 atom stereocenters. The number of fused-ring (bicyclic) bond motifs is 1. The fourth-order valence-corrected chi connectivity index (χ4v) is 17.9. The SMILES string of the molecule is C[C@H](Cc1ccc(NC(=O)c2c(Cl)cncc2Cl)cc1)NC(=O)[C@@H]1C[C@@H](NC2CCC2)CN1S(=O)(=O)c1cccc(S(C)(=O)=O)c1.C[C@H](Cc1ccc(NC(=O)c2c(Cl)cncc2Cl)cc1)NC(=O)[C@@H]1[C@@H]2CCCC[C@@H]2CN1S(=O)(=O)c1cccc(S(C)(=O)=O)c1. The number of benzene rings is 4. The topological polar surface area (TPSA) is 297 Å². The lowest BCUT2D eigenvalue weighted by Gasteiger charge is -2.30. The third kappa shape index (κ3) is 16.8. The summed E-state index contributed by atoms with van der Waals surface area (Å²) in [6.07, 6.45) is 15.2. The van der Waals surface area contributed by atoms with Gasteiger partial charge in [0, 0.05) is 85.9 Å². The molecule has 4 amide bonds. The summed E-state index contributed by atoms with van der Waals surface area (Å²) in [5.74, 6) is -1.81. The second-order valence-corrected chi connectivity index (χ2v) is 33.0. The van der Waals surface area contributed by atoms with Gasteiger partial charge in [0.05, 0.1) is 50.8 Å². The molecule has 6 aromatic rings. The Bertz CT molecular complexity index is 4150. The number of carbonyl (C=O) groups excluding carboxylic acids is 4. The van der Waals surface area contributed by atoms with Gasteiger partial charge >= 0.3 is 0 Å². The van der Waals surface area contributed by atoms with Gasteiger partial charge in [0.15, 0.2) is 19.7 Å². The number of sulfonamides is 2. The Morgan fingerprint density at radius 1 is 0.527 bits per heavy atom. The molecule has 4 fully saturated rings. The number of pyridine rings is 2. The van der Waals surface area contributed by atoms with Crippen LogP contribution in [0, 0.1) is 11.8 Å². The molecule has 0 bridgehead atoms. The largest absolute Gasteiger partial charge is 0.352 e. The number of sulfone groups is 2. The molecule has 0 spiro atoms. The lowest BCUT2D eigenvalue weighted by Crippen LogP contribution is -2.51. The van der Waals surface area contributed by atoms with Crippen molar-refractivity contribution in [1.29, 1.82) is 0 Å². The first-order valence-corrected chi connectivity index (χ1v) is 37.5. The summed E-state index contributed by atoms with van der Waals surface area (Å²) in [5.41, 5.74) is 3.06. The first-order valence-electron chi connectivity index (χ1n) is 29.4. The molecule has 0 unspecified atom stereocenters. The molecule has 486 valence electrons. The highest BCUT2D eigenvalue weighted by Gasteiger charge is 2.51. The molecule has 2 aromatic heterocycles. The van der Waals surface area contributed by atoms with Crippen LogP contribution in [0.15, 0.2) is 141 Å². The Hall–Kier alpha value is -6.10. The number of hydrogen-bond donors (Lipinski definition) is 5. The number of aromatic nitrogens is 2. The van der Waals surface area contributed by atoms with E-state index in [1.54, 1.807) is 24.3 Å². The van der Waals surface area contributed by atoms with Crippen molar-refractivity contribution >= 4 is 121 Å². The van der Waals surface area contributed by atoms with Crippen LogP contribution in [0.3, 0.4) is 0 Å². The zero-order valence-electron chi connectivity index (χ0n) is 50.0. The molecule has 21 nitrogen and oxygen atoms in total. The second-order valence-electron chi connectivity index (χ2n) is 23.5. The summed E-state index contributed by atoms with van der Waals surface area (Å²) in [6.45, 7) is 3.99. The van der Waals surface area contributed by atoms with Gasteiger partial charge in [0.2, 0.25) is 31.9 Å². The number of anilines is 2. The fourth-order valence-electron chi connectivity index (χ4n) is 11.9. The number of halogens is 4. The third-order valence-electron chi connectivity index (χ3n) is 16.6. The second kappa shape index (κ2) is 29.0. The van der Waals surface area contributed by atoms with E-state index in [2.05, 4.69) is 36.6 Å². The van der Waals surface area contributed by atoms with E-state index in [1.165, 1.54) is 69.8 Å². The molecular formula is C62H69Cl4N9O12S4. The predicted molar refractivity (Wildman–Crippen MR) is 349 cm³/mol. The zero-order chi connectivity index (χ0) is 65.7. The Kier molecular flexibility index (Phi) is 22.1. The smallest absolute Gasteiger partial charge is 0.258 e. The highest BCUT2D eigenvalue weighted by Crippen LogP contribution is 2.43. The molecule has 29 heteroatoms. The normalized spacial score (nSPS) is 20.4. The van der Waals surface area contributed by atoms with Gasteiger partial charge in [0.1, 0.15) is 12.1 Å². The quantitative estimate of drug-likeness (QED) is 0.0476. The minimum absolute atomic E-state index is 0.0531. The van der Waals surface area contributed by atoms with E-state index in [4.69, 9.17) is 46.4 Å². The molecule has 2 saturated carbocycles. The number of nitrogens with zero attached hydrogens (tertiary/aromatic N) is 4. The van der Waals surface area contributed by atoms with Gasteiger partial charge in [-0.05, 0) is 142 Å². The predicted octanol–water partition coefficient (Wildman–Crippen LogP) is 9.04. The van der Waals surface area contributed by atoms with Gasteiger partial charge in [-0.25, -0.2) is 33.7 Å². The van der Waals surface area contributed by atoms with Crippen molar-refractivity contribution in [3.05, 3.63) is 164 Å². The lowest BCUT2D eigenvalue weighted by atomic mass is 9.78. The van der Waals surface area contributed by atoms with E-state index in [1.807, 2.05) is 38.1 Å². The fraction of sp³-hybridized carbons (Fsp3) is 0.387. The standard InChI is InChI=1S/C31H35Cl2N5O6S2.C31H34Cl2N4O6S2/c1-19(13-20-9-11-22(12-10-20)37-31(40)29-26(32)16-34-17-27(29)33)35-30(39)28-14-23(36-21-5-3-6-21)18-38(28)46(43,44)25-8-4-7-24(15-25)45(2,41)42;1-19(14-20-10-12-22(13-11-20)36-30(38)28-26(32)16-34-17-27(28)33)35-31(39)29-25-9-4-3-6-21(25)18-37(29)45(42,43)24-8-5-7-23(15-24)44(2,40)41/h4,7-12,15-17,19,21,23,28,36H,3,5-6,13-14,18H2,1-2H3,(H,35,39)(H,37,40);5,7-8,10-13,15-17,19,21,25,29H,3-4,6,9,14,18H2,1-2H3,(H,35,39)(H,36,38)/t19-,23-,28+;19-,21-,25-,29+/m11/s1. The number of rotatable bonds is 20. The number of carbonyl (C=O) groups is 4. The van der Waals surface area contributed by atoms with Crippen LogP contribution in [0.25, 0.3) is 0 Å². The number of hydrogen-bond acceptors (Lipinski definition) is 15. The maximum absolute atomic E-state index is 13.9. The van der Waals surface area contributed by atoms with Gasteiger partial charge in [-0.1, -0.05) is 102 Å². The van der Waals surface area contributed by atoms with Crippen molar-refractivity contribution in [3.8, 4) is 0 Å². The molecule has 2 aliphatic heterocycles. The highest BCUT2D eigenvalue weighted by molar-refractivity contribution is 7.91. The van der Waals surface area contributed by atoms with Gasteiger partial charge < -0.3 is 26.6 Å². The Balaban J connectivity index is 0.000000215. The first kappa shape index (κ1) is 69.2. The minimum atomic E-state index is -4.19. The molecular weight excluding hydrogens is 1330 g/mol. The van der Waals surface area contributed by atoms with Gasteiger partial charge in [0.25, 0.3) is 11.8 Å². The molecule has 2 aliphatic carbocycles. The van der Waals surface area contributed by atoms with Crippen LogP contribution in [0.4, 0.5) is 11.4 Å². The van der Waals surface area contributed by atoms with Crippen LogP contribution in [-0.4, -0.2) is 138 Å². The average molecular weight is 1400 g/mol. The van der Waals surface area contributed by atoms with E-state index in [-0.39, 0.29) is 106 Å². The molecule has 10 rings (SSSR count). The maximum Gasteiger partial charge on any atom is 0.258 e. The number of amides is 4. The summed E-state index contributed by atoms with van der Waals surface area (Å²) in [7, 11) is -15.6. The van der Waals surface area contributed by atoms with Gasteiger partial charge in [-0.3, -0.25) is 29.1 Å². The molecule has 5 N–H and O–H groups in total. The van der Waals surface area contributed by atoms with Crippen LogP contribution < -0.4 is 26.6 Å². The van der Waals surface area contributed by atoms with Crippen LogP contribution >= 0.6 is 46.4 Å². The summed E-state index contributed by atoms with van der Waals surface area (Å²) < 4.78 is 106. The summed E-state index contributed by atoms with van der Waals surface area (Å²) in [5, 5.41) is 15.5.